The van der Waals surface area contributed by atoms with Crippen LogP contribution in [0.25, 0.3) is 0 Å². The van der Waals surface area contributed by atoms with Crippen molar-refractivity contribution in [1.82, 2.24) is 14.9 Å². The maximum Gasteiger partial charge on any atom is 0.223 e. The average Bonchev–Trinajstić information content (AvgIpc) is 2.30. The molecule has 100 valence electrons. The van der Waals surface area contributed by atoms with Gasteiger partial charge in [0.15, 0.2) is 0 Å². The highest BCUT2D eigenvalue weighted by atomic mass is 15.1. The number of anilines is 1. The molecule has 0 saturated carbocycles. The first-order chi connectivity index (χ1) is 8.63. The number of likely N-dealkylation sites (tertiary alicyclic amines) is 1. The Balaban J connectivity index is 1.74. The van der Waals surface area contributed by atoms with E-state index >= 15 is 0 Å². The molecule has 1 aromatic rings. The highest BCUT2D eigenvalue weighted by molar-refractivity contribution is 5.27. The van der Waals surface area contributed by atoms with Crippen LogP contribution in [-0.2, 0) is 0 Å². The number of nitrogens with zero attached hydrogens (tertiary/aromatic N) is 3. The molecule has 0 amide bonds. The average molecular weight is 248 g/mol. The molecule has 1 aliphatic rings. The van der Waals surface area contributed by atoms with Gasteiger partial charge in [-0.25, -0.2) is 9.97 Å². The predicted octanol–water partition coefficient (Wildman–Crippen LogP) is 2.24. The third-order valence-electron chi connectivity index (χ3n) is 3.66. The third-order valence-corrected chi connectivity index (χ3v) is 3.66. The summed E-state index contributed by atoms with van der Waals surface area (Å²) in [7, 11) is 2.21. The first kappa shape index (κ1) is 13.3. The smallest absolute Gasteiger partial charge is 0.223 e. The molecule has 2 rings (SSSR count). The van der Waals surface area contributed by atoms with Gasteiger partial charge in [-0.3, -0.25) is 0 Å². The first-order valence-corrected chi connectivity index (χ1v) is 6.88. The molecule has 0 atom stereocenters. The monoisotopic (exact) mass is 248 g/mol. The zero-order valence-electron chi connectivity index (χ0n) is 11.7. The van der Waals surface area contributed by atoms with Gasteiger partial charge < -0.3 is 10.2 Å². The van der Waals surface area contributed by atoms with Crippen LogP contribution in [0.5, 0.6) is 0 Å². The second kappa shape index (κ2) is 6.14. The fourth-order valence-corrected chi connectivity index (χ4v) is 2.54. The second-order valence-corrected chi connectivity index (χ2v) is 5.44. The molecule has 0 unspecified atom stereocenters. The SMILES string of the molecule is Cc1cc(C)nc(NCCC2CCN(C)CC2)n1. The van der Waals surface area contributed by atoms with E-state index in [1.807, 2.05) is 19.9 Å². The number of aromatic nitrogens is 2. The Morgan fingerprint density at radius 1 is 1.22 bits per heavy atom. The summed E-state index contributed by atoms with van der Waals surface area (Å²) in [5, 5.41) is 3.35. The molecular formula is C14H24N4. The van der Waals surface area contributed by atoms with Crippen LogP contribution in [0.1, 0.15) is 30.7 Å². The lowest BCUT2D eigenvalue weighted by Crippen LogP contribution is -2.30. The van der Waals surface area contributed by atoms with Gasteiger partial charge in [0.25, 0.3) is 0 Å². The fraction of sp³-hybridized carbons (Fsp3) is 0.714. The van der Waals surface area contributed by atoms with Crippen LogP contribution >= 0.6 is 0 Å². The molecule has 0 spiro atoms. The van der Waals surface area contributed by atoms with Crippen molar-refractivity contribution in [1.29, 1.82) is 0 Å². The summed E-state index contributed by atoms with van der Waals surface area (Å²) in [6, 6.07) is 2.00. The summed E-state index contributed by atoms with van der Waals surface area (Å²) in [6.45, 7) is 7.49. The largest absolute Gasteiger partial charge is 0.354 e. The molecule has 1 saturated heterocycles. The van der Waals surface area contributed by atoms with Gasteiger partial charge in [-0.1, -0.05) is 0 Å². The third kappa shape index (κ3) is 3.95. The number of rotatable bonds is 4. The highest BCUT2D eigenvalue weighted by Gasteiger charge is 2.16. The molecule has 0 radical (unpaired) electrons. The van der Waals surface area contributed by atoms with E-state index in [-0.39, 0.29) is 0 Å². The molecule has 0 aromatic carbocycles. The number of hydrogen-bond acceptors (Lipinski definition) is 4. The van der Waals surface area contributed by atoms with Gasteiger partial charge in [-0.2, -0.15) is 0 Å². The summed E-state index contributed by atoms with van der Waals surface area (Å²) < 4.78 is 0. The highest BCUT2D eigenvalue weighted by Crippen LogP contribution is 2.19. The normalized spacial score (nSPS) is 17.9. The van der Waals surface area contributed by atoms with E-state index in [1.165, 1.54) is 32.4 Å². The van der Waals surface area contributed by atoms with Crippen LogP contribution in [0.15, 0.2) is 6.07 Å². The molecular weight excluding hydrogens is 224 g/mol. The Kier molecular flexibility index (Phi) is 4.53. The summed E-state index contributed by atoms with van der Waals surface area (Å²) >= 11 is 0. The number of nitrogens with one attached hydrogen (secondary N) is 1. The molecule has 18 heavy (non-hydrogen) atoms. The zero-order valence-corrected chi connectivity index (χ0v) is 11.7. The maximum atomic E-state index is 4.40. The van der Waals surface area contributed by atoms with E-state index in [0.29, 0.717) is 0 Å². The topological polar surface area (TPSA) is 41.1 Å². The van der Waals surface area contributed by atoms with Crippen molar-refractivity contribution in [2.45, 2.75) is 33.1 Å². The minimum absolute atomic E-state index is 0.778. The van der Waals surface area contributed by atoms with Gasteiger partial charge in [-0.15, -0.1) is 0 Å². The van der Waals surface area contributed by atoms with Crippen LogP contribution in [0.2, 0.25) is 0 Å². The van der Waals surface area contributed by atoms with Gasteiger partial charge in [-0.05, 0) is 65.2 Å². The molecule has 1 fully saturated rings. The molecule has 4 heteroatoms. The van der Waals surface area contributed by atoms with Gasteiger partial charge >= 0.3 is 0 Å². The van der Waals surface area contributed by atoms with Crippen molar-refractivity contribution in [3.05, 3.63) is 17.5 Å². The van der Waals surface area contributed by atoms with Crippen molar-refractivity contribution < 1.29 is 0 Å². The van der Waals surface area contributed by atoms with Crippen molar-refractivity contribution in [2.75, 3.05) is 32.0 Å². The zero-order chi connectivity index (χ0) is 13.0. The first-order valence-electron chi connectivity index (χ1n) is 6.88. The Labute approximate surface area is 110 Å². The summed E-state index contributed by atoms with van der Waals surface area (Å²) in [5.41, 5.74) is 2.06. The standard InChI is InChI=1S/C14H24N4/c1-11-10-12(2)17-14(16-11)15-7-4-13-5-8-18(3)9-6-13/h10,13H,4-9H2,1-3H3,(H,15,16,17). The van der Waals surface area contributed by atoms with Gasteiger partial charge in [0.1, 0.15) is 0 Å². The van der Waals surface area contributed by atoms with Gasteiger partial charge in [0.05, 0.1) is 0 Å². The van der Waals surface area contributed by atoms with Crippen LogP contribution in [0, 0.1) is 19.8 Å². The molecule has 1 aromatic heterocycles. The molecule has 4 nitrogen and oxygen atoms in total. The van der Waals surface area contributed by atoms with Gasteiger partial charge in [0, 0.05) is 17.9 Å². The molecule has 1 aliphatic heterocycles. The van der Waals surface area contributed by atoms with Crippen LogP contribution in [0.3, 0.4) is 0 Å². The molecule has 0 aliphatic carbocycles. The minimum atomic E-state index is 0.778. The van der Waals surface area contributed by atoms with Crippen LogP contribution in [0.4, 0.5) is 5.95 Å². The summed E-state index contributed by atoms with van der Waals surface area (Å²) in [6.07, 6.45) is 3.88. The van der Waals surface area contributed by atoms with Crippen molar-refractivity contribution in [2.24, 2.45) is 5.92 Å². The maximum absolute atomic E-state index is 4.40. The second-order valence-electron chi connectivity index (χ2n) is 5.44. The van der Waals surface area contributed by atoms with Crippen LogP contribution in [-0.4, -0.2) is 41.5 Å². The number of aryl methyl sites for hydroxylation is 2. The van der Waals surface area contributed by atoms with E-state index in [2.05, 4.69) is 27.2 Å². The molecule has 2 heterocycles. The minimum Gasteiger partial charge on any atom is -0.354 e. The van der Waals surface area contributed by atoms with E-state index in [1.54, 1.807) is 0 Å². The van der Waals surface area contributed by atoms with Crippen LogP contribution < -0.4 is 5.32 Å². The lowest BCUT2D eigenvalue weighted by atomic mass is 9.94. The fourth-order valence-electron chi connectivity index (χ4n) is 2.54. The van der Waals surface area contributed by atoms with Crippen molar-refractivity contribution in [3.63, 3.8) is 0 Å². The lowest BCUT2D eigenvalue weighted by Gasteiger charge is -2.28. The van der Waals surface area contributed by atoms with Crippen molar-refractivity contribution in [3.8, 4) is 0 Å². The van der Waals surface area contributed by atoms with Crippen molar-refractivity contribution >= 4 is 5.95 Å². The van der Waals surface area contributed by atoms with Gasteiger partial charge in [0.2, 0.25) is 5.95 Å². The van der Waals surface area contributed by atoms with E-state index < -0.39 is 0 Å². The number of hydrogen-bond donors (Lipinski definition) is 1. The lowest BCUT2D eigenvalue weighted by molar-refractivity contribution is 0.215. The quantitative estimate of drug-likeness (QED) is 0.887. The molecule has 0 bridgehead atoms. The Morgan fingerprint density at radius 3 is 2.44 bits per heavy atom. The summed E-state index contributed by atoms with van der Waals surface area (Å²) in [4.78, 5) is 11.2. The Hall–Kier alpha value is -1.16. The summed E-state index contributed by atoms with van der Waals surface area (Å²) in [5.74, 6) is 1.64. The Morgan fingerprint density at radius 2 is 1.83 bits per heavy atom. The van der Waals surface area contributed by atoms with E-state index in [9.17, 15) is 0 Å². The van der Waals surface area contributed by atoms with E-state index in [0.717, 1.165) is 29.8 Å². The molecule has 1 N–H and O–H groups in total. The van der Waals surface area contributed by atoms with E-state index in [4.69, 9.17) is 0 Å². The number of piperidine rings is 1. The predicted molar refractivity (Wildman–Crippen MR) is 74.8 cm³/mol. The Bertz CT molecular complexity index is 363.